The molecule has 6 N–H and O–H groups in total. The number of carbonyl (C=O) groups is 2. The van der Waals surface area contributed by atoms with Gasteiger partial charge in [0.05, 0.1) is 10.9 Å². The van der Waals surface area contributed by atoms with Gasteiger partial charge in [-0.15, -0.1) is 0 Å². The summed E-state index contributed by atoms with van der Waals surface area (Å²) in [6.45, 7) is 14.7. The number of piperazine rings is 1. The zero-order chi connectivity index (χ0) is 30.4. The molecule has 1 heterocycles. The van der Waals surface area contributed by atoms with Gasteiger partial charge in [-0.2, -0.15) is 4.72 Å². The lowest BCUT2D eigenvalue weighted by molar-refractivity contribution is -0.136. The first-order chi connectivity index (χ1) is 18.6. The van der Waals surface area contributed by atoms with Crippen LogP contribution in [-0.2, 0) is 14.8 Å². The lowest BCUT2D eigenvalue weighted by Gasteiger charge is -2.40. The molecule has 1 aromatic rings. The van der Waals surface area contributed by atoms with Crippen molar-refractivity contribution in [1.82, 2.24) is 14.5 Å². The average molecular weight is 581 g/mol. The first kappa shape index (κ1) is 33.3. The van der Waals surface area contributed by atoms with Crippen molar-refractivity contribution in [2.24, 2.45) is 16.5 Å². The average Bonchev–Trinajstić information content (AvgIpc) is 2.88. The minimum absolute atomic E-state index is 0.0619. The van der Waals surface area contributed by atoms with E-state index in [1.54, 1.807) is 4.90 Å². The van der Waals surface area contributed by atoms with Crippen LogP contribution in [0.3, 0.4) is 0 Å². The molecule has 1 aliphatic heterocycles. The Kier molecular flexibility index (Phi) is 11.8. The van der Waals surface area contributed by atoms with Gasteiger partial charge in [0, 0.05) is 26.2 Å². The quantitative estimate of drug-likeness (QED) is 0.167. The van der Waals surface area contributed by atoms with Crippen molar-refractivity contribution in [2.45, 2.75) is 102 Å². The Morgan fingerprint density at radius 1 is 1.05 bits per heavy atom. The van der Waals surface area contributed by atoms with Gasteiger partial charge in [0.15, 0.2) is 5.96 Å². The van der Waals surface area contributed by atoms with Crippen LogP contribution in [0, 0.1) is 0 Å². The highest BCUT2D eigenvalue weighted by molar-refractivity contribution is 7.89. The van der Waals surface area contributed by atoms with Crippen LogP contribution in [0.2, 0.25) is 0 Å². The highest BCUT2D eigenvalue weighted by Gasteiger charge is 2.37. The van der Waals surface area contributed by atoms with Gasteiger partial charge in [-0.25, -0.2) is 13.2 Å². The van der Waals surface area contributed by atoms with Crippen molar-refractivity contribution in [2.75, 3.05) is 26.2 Å². The van der Waals surface area contributed by atoms with Crippen LogP contribution in [0.1, 0.15) is 102 Å². The molecule has 40 heavy (non-hydrogen) atoms. The van der Waals surface area contributed by atoms with Gasteiger partial charge >= 0.3 is 6.09 Å². The van der Waals surface area contributed by atoms with E-state index in [2.05, 4.69) is 23.6 Å². The minimum Gasteiger partial charge on any atom is -0.465 e. The maximum absolute atomic E-state index is 14.1. The first-order valence-electron chi connectivity index (χ1n) is 14.1. The summed E-state index contributed by atoms with van der Waals surface area (Å²) in [5, 5.41) is 9.53. The van der Waals surface area contributed by atoms with E-state index in [4.69, 9.17) is 11.5 Å². The van der Waals surface area contributed by atoms with Gasteiger partial charge < -0.3 is 26.4 Å². The molecular formula is C28H48N6O5S. The van der Waals surface area contributed by atoms with Crippen LogP contribution >= 0.6 is 0 Å². The zero-order valence-electron chi connectivity index (χ0n) is 25.0. The highest BCUT2D eigenvalue weighted by Crippen LogP contribution is 2.35. The fourth-order valence-corrected chi connectivity index (χ4v) is 6.98. The van der Waals surface area contributed by atoms with Crippen LogP contribution in [-0.4, -0.2) is 79.5 Å². The van der Waals surface area contributed by atoms with Crippen LogP contribution in [0.4, 0.5) is 4.79 Å². The standard InChI is InChI=1S/C28H48N6O5S/c1-8-21-16-33(12-13-34(21)28(36)37)26(35)24(10-9-11-31-27(29)30)32-40(38,39)25-22(18(4)5)14-20(17(2)3)15-23(25)19(6)7/h14-15,17-19,21,24,32H,8-13,16H2,1-7H3,(H,36,37)(H4,29,30,31)/t21-,24?/m0/s1. The molecule has 1 unspecified atom stereocenters. The molecule has 1 saturated heterocycles. The Hall–Kier alpha value is -2.86. The number of aliphatic imine (C=N–C) groups is 1. The van der Waals surface area contributed by atoms with E-state index >= 15 is 0 Å². The van der Waals surface area contributed by atoms with Gasteiger partial charge in [0.25, 0.3) is 0 Å². The lowest BCUT2D eigenvalue weighted by atomic mass is 9.89. The summed E-state index contributed by atoms with van der Waals surface area (Å²) in [5.74, 6) is -0.359. The van der Waals surface area contributed by atoms with Crippen LogP contribution in [0.15, 0.2) is 22.0 Å². The summed E-state index contributed by atoms with van der Waals surface area (Å²) in [6, 6.07) is 2.50. The summed E-state index contributed by atoms with van der Waals surface area (Å²) in [6.07, 6.45) is 0.0711. The van der Waals surface area contributed by atoms with Crippen molar-refractivity contribution in [1.29, 1.82) is 0 Å². The minimum atomic E-state index is -4.12. The summed E-state index contributed by atoms with van der Waals surface area (Å²) in [5.41, 5.74) is 13.4. The van der Waals surface area contributed by atoms with E-state index in [1.165, 1.54) is 4.90 Å². The molecule has 1 aromatic carbocycles. The summed E-state index contributed by atoms with van der Waals surface area (Å²) in [4.78, 5) is 32.6. The second kappa shape index (κ2) is 14.2. The number of nitrogens with two attached hydrogens (primary N) is 2. The predicted octanol–water partition coefficient (Wildman–Crippen LogP) is 3.36. The van der Waals surface area contributed by atoms with Crippen molar-refractivity contribution >= 4 is 28.0 Å². The molecule has 0 spiro atoms. The predicted molar refractivity (Wildman–Crippen MR) is 158 cm³/mol. The van der Waals surface area contributed by atoms with Gasteiger partial charge in [-0.05, 0) is 53.7 Å². The first-order valence-corrected chi connectivity index (χ1v) is 15.6. The second-order valence-corrected chi connectivity index (χ2v) is 13.1. The maximum atomic E-state index is 14.1. The number of rotatable bonds is 12. The number of hydrogen-bond acceptors (Lipinski definition) is 5. The smallest absolute Gasteiger partial charge is 0.407 e. The third-order valence-corrected chi connectivity index (χ3v) is 9.00. The van der Waals surface area contributed by atoms with E-state index in [0.29, 0.717) is 12.8 Å². The molecule has 1 aliphatic rings. The molecule has 0 bridgehead atoms. The SMILES string of the molecule is CC[C@H]1CN(C(=O)C(CCCN=C(N)N)NS(=O)(=O)c2c(C(C)C)cc(C(C)C)cc2C(C)C)CCN1C(=O)O. The van der Waals surface area contributed by atoms with Gasteiger partial charge in [-0.3, -0.25) is 9.79 Å². The molecule has 11 nitrogen and oxygen atoms in total. The molecule has 226 valence electrons. The molecular weight excluding hydrogens is 532 g/mol. The number of amides is 2. The Bertz CT molecular complexity index is 1150. The molecule has 0 saturated carbocycles. The fourth-order valence-electron chi connectivity index (χ4n) is 5.06. The molecule has 2 amide bonds. The van der Waals surface area contributed by atoms with E-state index in [9.17, 15) is 23.1 Å². The van der Waals surface area contributed by atoms with E-state index in [-0.39, 0.29) is 73.2 Å². The Morgan fingerprint density at radius 3 is 2.08 bits per heavy atom. The normalized spacial score (nSPS) is 17.0. The van der Waals surface area contributed by atoms with Crippen molar-refractivity contribution in [3.8, 4) is 0 Å². The topological polar surface area (TPSA) is 171 Å². The Balaban J connectivity index is 2.51. The van der Waals surface area contributed by atoms with Crippen molar-refractivity contribution in [3.05, 3.63) is 28.8 Å². The van der Waals surface area contributed by atoms with E-state index in [0.717, 1.165) is 16.7 Å². The molecule has 12 heteroatoms. The third kappa shape index (κ3) is 8.33. The molecule has 0 radical (unpaired) electrons. The number of nitrogens with zero attached hydrogens (tertiary/aromatic N) is 3. The van der Waals surface area contributed by atoms with E-state index < -0.39 is 22.2 Å². The molecule has 0 aliphatic carbocycles. The number of guanidine groups is 1. The van der Waals surface area contributed by atoms with Gasteiger partial charge in [-0.1, -0.05) is 60.6 Å². The second-order valence-electron chi connectivity index (χ2n) is 11.4. The van der Waals surface area contributed by atoms with Gasteiger partial charge in [0.2, 0.25) is 15.9 Å². The van der Waals surface area contributed by atoms with Crippen LogP contribution in [0.5, 0.6) is 0 Å². The Morgan fingerprint density at radius 2 is 1.62 bits per heavy atom. The number of carboxylic acid groups (broad SMARTS) is 1. The van der Waals surface area contributed by atoms with Crippen LogP contribution < -0.4 is 16.2 Å². The largest absolute Gasteiger partial charge is 0.465 e. The van der Waals surface area contributed by atoms with Gasteiger partial charge in [0.1, 0.15) is 6.04 Å². The number of nitrogens with one attached hydrogen (secondary N) is 1. The fraction of sp³-hybridized carbons (Fsp3) is 0.679. The molecule has 0 aromatic heterocycles. The summed E-state index contributed by atoms with van der Waals surface area (Å²) < 4.78 is 31.0. The van der Waals surface area contributed by atoms with Crippen molar-refractivity contribution < 1.29 is 23.1 Å². The molecule has 2 rings (SSSR count). The number of benzene rings is 1. The van der Waals surface area contributed by atoms with E-state index in [1.807, 2.05) is 46.8 Å². The zero-order valence-corrected chi connectivity index (χ0v) is 25.8. The maximum Gasteiger partial charge on any atom is 0.407 e. The number of carbonyl (C=O) groups excluding carboxylic acids is 1. The number of hydrogen-bond donors (Lipinski definition) is 4. The lowest BCUT2D eigenvalue weighted by Crippen LogP contribution is -2.59. The Labute approximate surface area is 239 Å². The van der Waals surface area contributed by atoms with Crippen LogP contribution in [0.25, 0.3) is 0 Å². The molecule has 1 fully saturated rings. The monoisotopic (exact) mass is 580 g/mol. The van der Waals surface area contributed by atoms with Crippen molar-refractivity contribution in [3.63, 3.8) is 0 Å². The number of sulfonamides is 1. The summed E-state index contributed by atoms with van der Waals surface area (Å²) in [7, 11) is -4.12. The highest BCUT2D eigenvalue weighted by atomic mass is 32.2. The molecule has 2 atom stereocenters. The summed E-state index contributed by atoms with van der Waals surface area (Å²) >= 11 is 0. The third-order valence-electron chi connectivity index (χ3n) is 7.40.